The van der Waals surface area contributed by atoms with E-state index in [0.29, 0.717) is 23.2 Å². The predicted molar refractivity (Wildman–Crippen MR) is 85.4 cm³/mol. The standard InChI is InChI=1S/C18H22O5/c1-21-14-7-6-13(16(22-2)17(14)23-3)18(10-15(19)20)9-11-4-5-12(18)8-11/h4-7,11-12H,8-10H2,1-3H3,(H,19,20). The quantitative estimate of drug-likeness (QED) is 0.817. The van der Waals surface area contributed by atoms with Gasteiger partial charge in [0.1, 0.15) is 0 Å². The van der Waals surface area contributed by atoms with Crippen molar-refractivity contribution in [1.82, 2.24) is 0 Å². The van der Waals surface area contributed by atoms with Gasteiger partial charge in [-0.1, -0.05) is 18.2 Å². The molecule has 1 aromatic rings. The number of carboxylic acids is 1. The van der Waals surface area contributed by atoms with E-state index in [1.807, 2.05) is 12.1 Å². The van der Waals surface area contributed by atoms with Crippen molar-refractivity contribution in [2.45, 2.75) is 24.7 Å². The number of carbonyl (C=O) groups is 1. The molecule has 0 amide bonds. The summed E-state index contributed by atoms with van der Waals surface area (Å²) < 4.78 is 16.4. The molecule has 0 heterocycles. The molecule has 3 unspecified atom stereocenters. The van der Waals surface area contributed by atoms with E-state index in [2.05, 4.69) is 12.2 Å². The van der Waals surface area contributed by atoms with Crippen molar-refractivity contribution in [3.63, 3.8) is 0 Å². The minimum absolute atomic E-state index is 0.0876. The van der Waals surface area contributed by atoms with Gasteiger partial charge in [0.05, 0.1) is 27.8 Å². The zero-order chi connectivity index (χ0) is 16.6. The van der Waals surface area contributed by atoms with Crippen molar-refractivity contribution in [1.29, 1.82) is 0 Å². The molecule has 1 fully saturated rings. The van der Waals surface area contributed by atoms with Crippen molar-refractivity contribution in [3.05, 3.63) is 29.8 Å². The lowest BCUT2D eigenvalue weighted by Gasteiger charge is -2.36. The van der Waals surface area contributed by atoms with Crippen LogP contribution in [-0.4, -0.2) is 32.4 Å². The fraction of sp³-hybridized carbons (Fsp3) is 0.500. The van der Waals surface area contributed by atoms with Crippen molar-refractivity contribution in [2.75, 3.05) is 21.3 Å². The molecule has 0 saturated heterocycles. The van der Waals surface area contributed by atoms with Crippen LogP contribution in [-0.2, 0) is 10.2 Å². The number of allylic oxidation sites excluding steroid dienone is 2. The fourth-order valence-electron chi connectivity index (χ4n) is 4.33. The Morgan fingerprint density at radius 2 is 1.91 bits per heavy atom. The second-order valence-electron chi connectivity index (χ2n) is 6.30. The molecule has 124 valence electrons. The predicted octanol–water partition coefficient (Wildman–Crippen LogP) is 3.02. The minimum Gasteiger partial charge on any atom is -0.493 e. The Morgan fingerprint density at radius 1 is 1.17 bits per heavy atom. The smallest absolute Gasteiger partial charge is 0.304 e. The number of rotatable bonds is 6. The summed E-state index contributed by atoms with van der Waals surface area (Å²) in [5.41, 5.74) is 0.452. The van der Waals surface area contributed by atoms with E-state index in [1.165, 1.54) is 0 Å². The molecular formula is C18H22O5. The van der Waals surface area contributed by atoms with Crippen LogP contribution >= 0.6 is 0 Å². The van der Waals surface area contributed by atoms with E-state index in [-0.39, 0.29) is 12.3 Å². The molecule has 1 aromatic carbocycles. The van der Waals surface area contributed by atoms with Gasteiger partial charge in [-0.05, 0) is 30.7 Å². The van der Waals surface area contributed by atoms with Gasteiger partial charge in [-0.25, -0.2) is 0 Å². The van der Waals surface area contributed by atoms with Crippen LogP contribution in [0.15, 0.2) is 24.3 Å². The molecule has 2 aliphatic rings. The van der Waals surface area contributed by atoms with Crippen molar-refractivity contribution in [3.8, 4) is 17.2 Å². The van der Waals surface area contributed by atoms with E-state index >= 15 is 0 Å². The zero-order valence-corrected chi connectivity index (χ0v) is 13.7. The first kappa shape index (κ1) is 15.7. The van der Waals surface area contributed by atoms with E-state index in [4.69, 9.17) is 14.2 Å². The summed E-state index contributed by atoms with van der Waals surface area (Å²) in [6.45, 7) is 0. The second-order valence-corrected chi connectivity index (χ2v) is 6.30. The number of carboxylic acid groups (broad SMARTS) is 1. The van der Waals surface area contributed by atoms with Gasteiger partial charge in [0.15, 0.2) is 11.5 Å². The Kier molecular flexibility index (Phi) is 3.96. The molecule has 2 bridgehead atoms. The number of ether oxygens (including phenoxy) is 3. The first-order valence-corrected chi connectivity index (χ1v) is 7.75. The highest BCUT2D eigenvalue weighted by molar-refractivity contribution is 5.71. The third-order valence-corrected chi connectivity index (χ3v) is 5.22. The van der Waals surface area contributed by atoms with E-state index in [0.717, 1.165) is 18.4 Å². The molecule has 0 aliphatic heterocycles. The van der Waals surface area contributed by atoms with Gasteiger partial charge in [0, 0.05) is 11.0 Å². The average molecular weight is 318 g/mol. The van der Waals surface area contributed by atoms with Crippen LogP contribution in [0.1, 0.15) is 24.8 Å². The molecule has 3 atom stereocenters. The molecule has 5 heteroatoms. The highest BCUT2D eigenvalue weighted by Gasteiger charge is 2.52. The molecule has 23 heavy (non-hydrogen) atoms. The molecule has 1 N–H and O–H groups in total. The molecule has 3 rings (SSSR count). The number of hydrogen-bond donors (Lipinski definition) is 1. The first-order chi connectivity index (χ1) is 11.1. The Balaban J connectivity index is 2.18. The zero-order valence-electron chi connectivity index (χ0n) is 13.7. The van der Waals surface area contributed by atoms with Crippen LogP contribution in [0.25, 0.3) is 0 Å². The minimum atomic E-state index is -0.789. The molecule has 5 nitrogen and oxygen atoms in total. The lowest BCUT2D eigenvalue weighted by atomic mass is 9.68. The summed E-state index contributed by atoms with van der Waals surface area (Å²) in [7, 11) is 4.72. The van der Waals surface area contributed by atoms with Gasteiger partial charge in [-0.3, -0.25) is 4.79 Å². The van der Waals surface area contributed by atoms with Gasteiger partial charge in [-0.15, -0.1) is 0 Å². The third-order valence-electron chi connectivity index (χ3n) is 5.22. The molecule has 0 spiro atoms. The Morgan fingerprint density at radius 3 is 2.39 bits per heavy atom. The normalized spacial score (nSPS) is 28.0. The topological polar surface area (TPSA) is 65.0 Å². The van der Waals surface area contributed by atoms with Crippen LogP contribution in [0.2, 0.25) is 0 Å². The largest absolute Gasteiger partial charge is 0.493 e. The van der Waals surface area contributed by atoms with Crippen LogP contribution in [0.4, 0.5) is 0 Å². The summed E-state index contributed by atoms with van der Waals surface area (Å²) in [5, 5.41) is 9.50. The summed E-state index contributed by atoms with van der Waals surface area (Å²) in [5.74, 6) is 1.55. The van der Waals surface area contributed by atoms with Gasteiger partial charge in [-0.2, -0.15) is 0 Å². The van der Waals surface area contributed by atoms with Crippen molar-refractivity contribution < 1.29 is 24.1 Å². The van der Waals surface area contributed by atoms with Crippen LogP contribution < -0.4 is 14.2 Å². The Hall–Kier alpha value is -2.17. The lowest BCUT2D eigenvalue weighted by Crippen LogP contribution is -2.34. The van der Waals surface area contributed by atoms with Crippen molar-refractivity contribution in [2.24, 2.45) is 11.8 Å². The number of fused-ring (bicyclic) bond motifs is 2. The van der Waals surface area contributed by atoms with Gasteiger partial charge < -0.3 is 19.3 Å². The maximum atomic E-state index is 11.6. The number of benzene rings is 1. The first-order valence-electron chi connectivity index (χ1n) is 7.75. The molecule has 2 aliphatic carbocycles. The lowest BCUT2D eigenvalue weighted by molar-refractivity contribution is -0.138. The average Bonchev–Trinajstić information content (AvgIpc) is 3.13. The van der Waals surface area contributed by atoms with Gasteiger partial charge in [0.25, 0.3) is 0 Å². The fourth-order valence-corrected chi connectivity index (χ4v) is 4.33. The van der Waals surface area contributed by atoms with Crippen LogP contribution in [0.5, 0.6) is 17.2 Å². The Bertz CT molecular complexity index is 651. The molecule has 0 aromatic heterocycles. The number of hydrogen-bond acceptors (Lipinski definition) is 4. The molecule has 0 radical (unpaired) electrons. The Labute approximate surface area is 135 Å². The highest BCUT2D eigenvalue weighted by Crippen LogP contribution is 2.59. The molecule has 1 saturated carbocycles. The van der Waals surface area contributed by atoms with E-state index in [9.17, 15) is 9.90 Å². The number of aliphatic carboxylic acids is 1. The van der Waals surface area contributed by atoms with E-state index in [1.54, 1.807) is 21.3 Å². The second kappa shape index (κ2) is 5.80. The van der Waals surface area contributed by atoms with Crippen LogP contribution in [0, 0.1) is 11.8 Å². The van der Waals surface area contributed by atoms with Crippen molar-refractivity contribution >= 4 is 5.97 Å². The maximum absolute atomic E-state index is 11.6. The summed E-state index contributed by atoms with van der Waals surface area (Å²) >= 11 is 0. The van der Waals surface area contributed by atoms with Crippen LogP contribution in [0.3, 0.4) is 0 Å². The maximum Gasteiger partial charge on any atom is 0.304 e. The third kappa shape index (κ3) is 2.35. The van der Waals surface area contributed by atoms with E-state index < -0.39 is 11.4 Å². The highest BCUT2D eigenvalue weighted by atomic mass is 16.5. The number of methoxy groups -OCH3 is 3. The monoisotopic (exact) mass is 318 g/mol. The van der Waals surface area contributed by atoms with Gasteiger partial charge in [0.2, 0.25) is 5.75 Å². The summed E-state index contributed by atoms with van der Waals surface area (Å²) in [4.78, 5) is 11.6. The molecular weight excluding hydrogens is 296 g/mol. The SMILES string of the molecule is COc1ccc(C2(CC(=O)O)CC3C=CC2C3)c(OC)c1OC. The van der Waals surface area contributed by atoms with Gasteiger partial charge >= 0.3 is 5.97 Å². The summed E-state index contributed by atoms with van der Waals surface area (Å²) in [6, 6.07) is 3.76. The summed E-state index contributed by atoms with van der Waals surface area (Å²) in [6.07, 6.45) is 6.28.